The number of hydrogen-bond donors (Lipinski definition) is 0. The maximum Gasteiger partial charge on any atom is 0.416 e. The average molecular weight is 658 g/mol. The summed E-state index contributed by atoms with van der Waals surface area (Å²) in [6.07, 6.45) is -4.57. The molecule has 0 bridgehead atoms. The Hall–Kier alpha value is -6.59. The van der Waals surface area contributed by atoms with E-state index < -0.39 is 11.7 Å². The van der Waals surface area contributed by atoms with Gasteiger partial charge in [0.15, 0.2) is 17.5 Å². The number of halogens is 3. The van der Waals surface area contributed by atoms with Gasteiger partial charge in [-0.15, -0.1) is 0 Å². The van der Waals surface area contributed by atoms with E-state index in [9.17, 15) is 18.4 Å². The van der Waals surface area contributed by atoms with Crippen LogP contribution in [0.15, 0.2) is 140 Å². The van der Waals surface area contributed by atoms with Crippen molar-refractivity contribution in [3.63, 3.8) is 0 Å². The van der Waals surface area contributed by atoms with E-state index >= 15 is 0 Å². The van der Waals surface area contributed by atoms with E-state index in [2.05, 4.69) is 6.07 Å². The van der Waals surface area contributed by atoms with Crippen LogP contribution in [0.2, 0.25) is 0 Å². The molecule has 0 atom stereocenters. The van der Waals surface area contributed by atoms with E-state index in [-0.39, 0.29) is 0 Å². The van der Waals surface area contributed by atoms with Gasteiger partial charge in [-0.3, -0.25) is 0 Å². The van der Waals surface area contributed by atoms with Crippen LogP contribution in [0.25, 0.3) is 72.8 Å². The van der Waals surface area contributed by atoms with Gasteiger partial charge in [-0.1, -0.05) is 91.0 Å². The van der Waals surface area contributed by atoms with Gasteiger partial charge in [-0.2, -0.15) is 18.4 Å². The van der Waals surface area contributed by atoms with Crippen molar-refractivity contribution < 1.29 is 13.2 Å². The first-order valence-electron chi connectivity index (χ1n) is 15.9. The van der Waals surface area contributed by atoms with Crippen LogP contribution in [0.3, 0.4) is 0 Å². The molecule has 0 saturated carbocycles. The second-order valence-electron chi connectivity index (χ2n) is 12.0. The molecule has 6 aromatic carbocycles. The number of para-hydroxylation sites is 1. The van der Waals surface area contributed by atoms with Crippen molar-refractivity contribution in [1.82, 2.24) is 19.5 Å². The molecule has 5 nitrogen and oxygen atoms in total. The fourth-order valence-electron chi connectivity index (χ4n) is 6.54. The molecule has 8 heteroatoms. The number of hydrogen-bond acceptors (Lipinski definition) is 4. The van der Waals surface area contributed by atoms with Crippen molar-refractivity contribution in [2.45, 2.75) is 13.1 Å². The molecule has 0 amide bonds. The molecule has 0 spiro atoms. The van der Waals surface area contributed by atoms with Gasteiger partial charge >= 0.3 is 6.18 Å². The molecule has 0 aliphatic carbocycles. The maximum absolute atomic E-state index is 14.1. The van der Waals surface area contributed by atoms with Crippen LogP contribution in [0.5, 0.6) is 0 Å². The Bertz CT molecular complexity index is 2540. The summed E-state index contributed by atoms with van der Waals surface area (Å²) in [5.41, 5.74) is 5.58. The summed E-state index contributed by atoms with van der Waals surface area (Å²) >= 11 is 0. The fourth-order valence-corrected chi connectivity index (χ4v) is 6.54. The van der Waals surface area contributed by atoms with E-state index in [0.29, 0.717) is 45.4 Å². The molecule has 0 aliphatic heterocycles. The number of rotatable bonds is 5. The Balaban J connectivity index is 1.38. The summed E-state index contributed by atoms with van der Waals surface area (Å²) in [4.78, 5) is 14.6. The monoisotopic (exact) mass is 657 g/mol. The number of aromatic nitrogens is 4. The molecule has 2 heterocycles. The molecular weight excluding hydrogens is 631 g/mol. The largest absolute Gasteiger partial charge is 0.416 e. The quantitative estimate of drug-likeness (QED) is 0.185. The maximum atomic E-state index is 14.1. The Morgan fingerprint density at radius 1 is 0.580 bits per heavy atom. The third-order valence-electron chi connectivity index (χ3n) is 8.86. The zero-order valence-electron chi connectivity index (χ0n) is 26.6. The lowest BCUT2D eigenvalue weighted by Gasteiger charge is -2.19. The molecule has 50 heavy (non-hydrogen) atoms. The summed E-state index contributed by atoms with van der Waals surface area (Å²) in [6.45, 7) is 1.81. The van der Waals surface area contributed by atoms with Gasteiger partial charge in [0, 0.05) is 38.6 Å². The molecule has 0 N–H and O–H groups in total. The summed E-state index contributed by atoms with van der Waals surface area (Å²) in [6, 6.07) is 44.2. The first kappa shape index (κ1) is 30.7. The van der Waals surface area contributed by atoms with Crippen LogP contribution in [0, 0.1) is 18.3 Å². The highest BCUT2D eigenvalue weighted by atomic mass is 19.4. The molecule has 8 rings (SSSR count). The molecule has 2 aromatic heterocycles. The highest BCUT2D eigenvalue weighted by Crippen LogP contribution is 2.42. The lowest BCUT2D eigenvalue weighted by atomic mass is 9.92. The van der Waals surface area contributed by atoms with Gasteiger partial charge < -0.3 is 4.57 Å². The predicted molar refractivity (Wildman–Crippen MR) is 190 cm³/mol. The summed E-state index contributed by atoms with van der Waals surface area (Å²) in [7, 11) is 0. The van der Waals surface area contributed by atoms with E-state index in [1.165, 1.54) is 6.07 Å². The van der Waals surface area contributed by atoms with Gasteiger partial charge in [-0.05, 0) is 61.0 Å². The highest BCUT2D eigenvalue weighted by Gasteiger charge is 2.32. The van der Waals surface area contributed by atoms with Gasteiger partial charge in [0.25, 0.3) is 0 Å². The number of aryl methyl sites for hydroxylation is 1. The van der Waals surface area contributed by atoms with Crippen LogP contribution in [-0.4, -0.2) is 19.5 Å². The Labute approximate surface area is 285 Å². The molecule has 240 valence electrons. The predicted octanol–water partition coefficient (Wildman–Crippen LogP) is 10.8. The van der Waals surface area contributed by atoms with E-state index in [1.54, 1.807) is 25.1 Å². The smallest absolute Gasteiger partial charge is 0.309 e. The van der Waals surface area contributed by atoms with Crippen molar-refractivity contribution in [3.8, 4) is 57.0 Å². The van der Waals surface area contributed by atoms with Crippen molar-refractivity contribution in [1.29, 1.82) is 5.26 Å². The van der Waals surface area contributed by atoms with Crippen molar-refractivity contribution in [2.24, 2.45) is 0 Å². The van der Waals surface area contributed by atoms with E-state index in [0.717, 1.165) is 50.6 Å². The second kappa shape index (κ2) is 12.1. The van der Waals surface area contributed by atoms with Gasteiger partial charge in [0.2, 0.25) is 0 Å². The minimum absolute atomic E-state index is 0.298. The van der Waals surface area contributed by atoms with Crippen LogP contribution in [0.4, 0.5) is 13.2 Å². The third kappa shape index (κ3) is 5.35. The van der Waals surface area contributed by atoms with Gasteiger partial charge in [0.05, 0.1) is 33.9 Å². The zero-order chi connectivity index (χ0) is 34.4. The van der Waals surface area contributed by atoms with Crippen LogP contribution < -0.4 is 0 Å². The Morgan fingerprint density at radius 3 is 1.82 bits per heavy atom. The molecule has 0 unspecified atom stereocenters. The van der Waals surface area contributed by atoms with E-state index in [4.69, 9.17) is 15.0 Å². The van der Waals surface area contributed by atoms with Crippen LogP contribution in [-0.2, 0) is 6.18 Å². The summed E-state index contributed by atoms with van der Waals surface area (Å²) in [5.74, 6) is 1.57. The highest BCUT2D eigenvalue weighted by molar-refractivity contribution is 6.11. The van der Waals surface area contributed by atoms with Gasteiger partial charge in [-0.25, -0.2) is 15.0 Å². The number of fused-ring (bicyclic) bond motifs is 3. The normalized spacial score (nSPS) is 11.6. The fraction of sp³-hybridized carbons (Fsp3) is 0.0476. The number of benzene rings is 6. The van der Waals surface area contributed by atoms with Crippen LogP contribution in [0.1, 0.15) is 16.7 Å². The summed E-state index contributed by atoms with van der Waals surface area (Å²) in [5, 5.41) is 11.8. The average Bonchev–Trinajstić information content (AvgIpc) is 3.48. The topological polar surface area (TPSA) is 67.4 Å². The standard InChI is InChI=1S/C42H26F3N5/c1-26-11-10-16-30(25-46)38(26)34-24-31(42(43,44)45)20-22-37(34)50-35-18-9-8-17-32(35)33-23-29(19-21-36(33)50)41-48-39(27-12-4-2-5-13-27)47-40(49-41)28-14-6-3-7-15-28/h2-24H,1H3. The Kier molecular flexibility index (Phi) is 7.46. The molecule has 0 saturated heterocycles. The molecule has 0 fully saturated rings. The third-order valence-corrected chi connectivity index (χ3v) is 8.86. The van der Waals surface area contributed by atoms with E-state index in [1.807, 2.05) is 108 Å². The number of alkyl halides is 3. The van der Waals surface area contributed by atoms with Crippen molar-refractivity contribution in [2.75, 3.05) is 0 Å². The van der Waals surface area contributed by atoms with Gasteiger partial charge in [0.1, 0.15) is 0 Å². The first-order valence-corrected chi connectivity index (χ1v) is 15.9. The van der Waals surface area contributed by atoms with Crippen molar-refractivity contribution >= 4 is 21.8 Å². The molecule has 8 aromatic rings. The Morgan fingerprint density at radius 2 is 1.18 bits per heavy atom. The van der Waals surface area contributed by atoms with Crippen molar-refractivity contribution in [3.05, 3.63) is 156 Å². The number of nitriles is 1. The SMILES string of the molecule is Cc1cccc(C#N)c1-c1cc(C(F)(F)F)ccc1-n1c2ccccc2c2cc(-c3nc(-c4ccccc4)nc(-c4ccccc4)n3)ccc21. The lowest BCUT2D eigenvalue weighted by Crippen LogP contribution is -2.07. The molecule has 0 aliphatic rings. The summed E-state index contributed by atoms with van der Waals surface area (Å²) < 4.78 is 44.4. The number of nitrogens with zero attached hydrogens (tertiary/aromatic N) is 5. The zero-order valence-corrected chi connectivity index (χ0v) is 26.6. The second-order valence-corrected chi connectivity index (χ2v) is 12.0. The lowest BCUT2D eigenvalue weighted by molar-refractivity contribution is -0.137. The molecular formula is C42H26F3N5. The minimum Gasteiger partial charge on any atom is -0.309 e. The molecule has 0 radical (unpaired) electrons. The van der Waals surface area contributed by atoms with Crippen LogP contribution >= 0.6 is 0 Å². The minimum atomic E-state index is -4.57. The first-order chi connectivity index (χ1) is 24.3.